The molecule has 0 spiro atoms. The van der Waals surface area contributed by atoms with Gasteiger partial charge in [0.1, 0.15) is 11.8 Å². The second-order valence-corrected chi connectivity index (χ2v) is 17.7. The number of thioether (sulfide) groups is 1. The van der Waals surface area contributed by atoms with Crippen molar-refractivity contribution < 1.29 is 29.0 Å². The summed E-state index contributed by atoms with van der Waals surface area (Å²) >= 11 is 1.79. The van der Waals surface area contributed by atoms with Crippen LogP contribution in [0.5, 0.6) is 5.75 Å². The molecule has 11 nitrogen and oxygen atoms in total. The number of ether oxygens (including phenoxy) is 1. The van der Waals surface area contributed by atoms with Gasteiger partial charge in [-0.1, -0.05) is 80.7 Å². The van der Waals surface area contributed by atoms with Crippen LogP contribution in [0.1, 0.15) is 107 Å². The van der Waals surface area contributed by atoms with Gasteiger partial charge in [-0.2, -0.15) is 11.8 Å². The molecule has 2 N–H and O–H groups in total. The van der Waals surface area contributed by atoms with Gasteiger partial charge < -0.3 is 29.9 Å². The summed E-state index contributed by atoms with van der Waals surface area (Å²) in [4.78, 5) is 63.8. The second kappa shape index (κ2) is 23.4. The van der Waals surface area contributed by atoms with Gasteiger partial charge in [-0.3, -0.25) is 24.1 Å². The first kappa shape index (κ1) is 48.3. The molecule has 1 aromatic rings. The van der Waals surface area contributed by atoms with E-state index < -0.39 is 18.2 Å². The first-order chi connectivity index (χ1) is 26.0. The molecule has 1 aromatic carbocycles. The van der Waals surface area contributed by atoms with E-state index in [0.717, 1.165) is 44.3 Å². The molecule has 0 radical (unpaired) electrons. The number of methoxy groups -OCH3 is 1. The summed E-state index contributed by atoms with van der Waals surface area (Å²) < 4.78 is 6.12. The Morgan fingerprint density at radius 1 is 0.982 bits per heavy atom. The Hall–Kier alpha value is -2.83. The first-order valence-corrected chi connectivity index (χ1v) is 21.8. The molecule has 0 aromatic heterocycles. The van der Waals surface area contributed by atoms with Gasteiger partial charge in [0.25, 0.3) is 0 Å². The number of likely N-dealkylation sites (tertiary alicyclic amines) is 1. The third-order valence-corrected chi connectivity index (χ3v) is 13.1. The lowest BCUT2D eigenvalue weighted by Gasteiger charge is -2.41. The zero-order valence-electron chi connectivity index (χ0n) is 36.3. The Balaban J connectivity index is 2.40. The average Bonchev–Trinajstić information content (AvgIpc) is 3.62. The van der Waals surface area contributed by atoms with Crippen LogP contribution in [-0.2, 0) is 23.9 Å². The monoisotopic (exact) mass is 790 g/mol. The van der Waals surface area contributed by atoms with Crippen LogP contribution in [-0.4, -0.2) is 126 Å². The normalized spacial score (nSPS) is 18.5. The number of phenolic OH excluding ortho intramolecular Hbond substituents is 1. The maximum absolute atomic E-state index is 14.5. The van der Waals surface area contributed by atoms with Crippen LogP contribution in [0.4, 0.5) is 5.69 Å². The number of carbonyl (C=O) groups excluding carboxylic acids is 4. The molecule has 1 aliphatic heterocycles. The highest BCUT2D eigenvalue weighted by Crippen LogP contribution is 2.36. The number of unbranched alkanes of at least 4 members (excludes halogenated alkanes) is 2. The van der Waals surface area contributed by atoms with E-state index in [1.54, 1.807) is 53.9 Å². The van der Waals surface area contributed by atoms with E-state index in [0.29, 0.717) is 18.8 Å². The highest BCUT2D eigenvalue weighted by atomic mass is 32.2. The van der Waals surface area contributed by atoms with Crippen molar-refractivity contribution in [3.8, 4) is 5.75 Å². The van der Waals surface area contributed by atoms with Crippen molar-refractivity contribution in [2.75, 3.05) is 52.0 Å². The van der Waals surface area contributed by atoms with E-state index in [4.69, 9.17) is 4.74 Å². The van der Waals surface area contributed by atoms with Gasteiger partial charge in [0, 0.05) is 56.2 Å². The standard InChI is InChI=1S/C43H75N5O6S/c1-14-17-18-25-55-40(31(9)42(52)47(16-3)32-21-19-22-33(49)26-32)34-23-20-24-48(34)36(50)27-35(54-13)39(30(8)15-2)46(12)43(53)37(28(4)5)44-41(51)38(29(6)7)45(10)11/h19,21-22,26,28-31,34-35,37-40,49H,14-18,20,23-25,27H2,1-13H3,(H,44,51). The Labute approximate surface area is 337 Å². The molecule has 8 atom stereocenters. The minimum atomic E-state index is -0.742. The summed E-state index contributed by atoms with van der Waals surface area (Å²) in [6.45, 7) is 19.2. The van der Waals surface area contributed by atoms with E-state index in [-0.39, 0.29) is 76.8 Å². The molecule has 0 aliphatic carbocycles. The fourth-order valence-electron chi connectivity index (χ4n) is 8.24. The number of nitrogens with one attached hydrogen (secondary N) is 1. The van der Waals surface area contributed by atoms with Crippen LogP contribution in [0.25, 0.3) is 0 Å². The van der Waals surface area contributed by atoms with E-state index in [9.17, 15) is 24.3 Å². The molecular weight excluding hydrogens is 715 g/mol. The van der Waals surface area contributed by atoms with Gasteiger partial charge in [-0.05, 0) is 75.9 Å². The van der Waals surface area contributed by atoms with Crippen molar-refractivity contribution in [1.82, 2.24) is 20.0 Å². The summed E-state index contributed by atoms with van der Waals surface area (Å²) in [5.74, 6) is 0.0825. The van der Waals surface area contributed by atoms with Gasteiger partial charge in [0.15, 0.2) is 0 Å². The number of rotatable bonds is 23. The van der Waals surface area contributed by atoms with E-state index in [1.807, 2.05) is 71.5 Å². The van der Waals surface area contributed by atoms with Crippen molar-refractivity contribution in [2.45, 2.75) is 143 Å². The molecule has 0 saturated carbocycles. The van der Waals surface area contributed by atoms with Crippen LogP contribution < -0.4 is 10.2 Å². The van der Waals surface area contributed by atoms with Crippen molar-refractivity contribution in [3.05, 3.63) is 24.3 Å². The smallest absolute Gasteiger partial charge is 0.245 e. The largest absolute Gasteiger partial charge is 0.508 e. The molecule has 55 heavy (non-hydrogen) atoms. The van der Waals surface area contributed by atoms with E-state index in [1.165, 1.54) is 0 Å². The molecule has 1 aliphatic rings. The second-order valence-electron chi connectivity index (χ2n) is 16.4. The zero-order chi connectivity index (χ0) is 41.6. The van der Waals surface area contributed by atoms with Gasteiger partial charge in [-0.15, -0.1) is 0 Å². The quantitative estimate of drug-likeness (QED) is 0.118. The van der Waals surface area contributed by atoms with Crippen LogP contribution in [0, 0.1) is 23.7 Å². The van der Waals surface area contributed by atoms with Crippen LogP contribution >= 0.6 is 11.8 Å². The number of hydrogen-bond acceptors (Lipinski definition) is 8. The molecule has 1 saturated heterocycles. The molecule has 0 bridgehead atoms. The average molecular weight is 790 g/mol. The summed E-state index contributed by atoms with van der Waals surface area (Å²) in [7, 11) is 7.11. The first-order valence-electron chi connectivity index (χ1n) is 20.7. The topological polar surface area (TPSA) is 123 Å². The van der Waals surface area contributed by atoms with Crippen LogP contribution in [0.3, 0.4) is 0 Å². The number of anilines is 1. The number of aromatic hydroxyl groups is 1. The lowest BCUT2D eigenvalue weighted by atomic mass is 9.89. The van der Waals surface area contributed by atoms with E-state index >= 15 is 0 Å². The van der Waals surface area contributed by atoms with Gasteiger partial charge >= 0.3 is 0 Å². The van der Waals surface area contributed by atoms with Crippen LogP contribution in [0.2, 0.25) is 0 Å². The van der Waals surface area contributed by atoms with Crippen molar-refractivity contribution in [1.29, 1.82) is 0 Å². The van der Waals surface area contributed by atoms with Gasteiger partial charge in [0.2, 0.25) is 23.6 Å². The highest BCUT2D eigenvalue weighted by molar-refractivity contribution is 8.00. The number of phenols is 1. The van der Waals surface area contributed by atoms with Crippen molar-refractivity contribution in [2.24, 2.45) is 23.7 Å². The predicted molar refractivity (Wildman–Crippen MR) is 226 cm³/mol. The molecule has 1 fully saturated rings. The lowest BCUT2D eigenvalue weighted by Crippen LogP contribution is -2.59. The highest BCUT2D eigenvalue weighted by Gasteiger charge is 2.43. The Bertz CT molecular complexity index is 1350. The molecule has 8 unspecified atom stereocenters. The third-order valence-electron chi connectivity index (χ3n) is 11.4. The Morgan fingerprint density at radius 2 is 1.65 bits per heavy atom. The van der Waals surface area contributed by atoms with Crippen molar-refractivity contribution in [3.63, 3.8) is 0 Å². The number of likely N-dealkylation sites (N-methyl/N-ethyl adjacent to an activating group) is 2. The fraction of sp³-hybridized carbons (Fsp3) is 0.767. The zero-order valence-corrected chi connectivity index (χ0v) is 37.2. The minimum absolute atomic E-state index is 0.00624. The summed E-state index contributed by atoms with van der Waals surface area (Å²) in [6, 6.07) is 5.13. The maximum atomic E-state index is 14.5. The summed E-state index contributed by atoms with van der Waals surface area (Å²) in [5, 5.41) is 13.1. The van der Waals surface area contributed by atoms with Gasteiger partial charge in [-0.25, -0.2) is 0 Å². The number of carbonyl (C=O) groups is 4. The molecule has 12 heteroatoms. The molecule has 2 rings (SSSR count). The van der Waals surface area contributed by atoms with Crippen LogP contribution in [0.15, 0.2) is 24.3 Å². The molecule has 4 amide bonds. The number of amides is 4. The molecule has 1 heterocycles. The molecule has 314 valence electrons. The third kappa shape index (κ3) is 13.1. The Morgan fingerprint density at radius 3 is 2.18 bits per heavy atom. The fourth-order valence-corrected chi connectivity index (χ4v) is 9.79. The van der Waals surface area contributed by atoms with Gasteiger partial charge in [0.05, 0.1) is 24.6 Å². The SMILES string of the molecule is CCCCCSC(C(C)C(=O)N(CC)c1cccc(O)c1)C1CCCN1C(=O)CC(OC)C(C(C)CC)N(C)C(=O)C(NC(=O)C(C(C)C)N(C)C)C(C)C. The molecular formula is C43H75N5O6S. The summed E-state index contributed by atoms with van der Waals surface area (Å²) in [5.41, 5.74) is 0.655. The maximum Gasteiger partial charge on any atom is 0.245 e. The van der Waals surface area contributed by atoms with E-state index in [2.05, 4.69) is 26.1 Å². The summed E-state index contributed by atoms with van der Waals surface area (Å²) in [6.07, 6.45) is 5.17. The predicted octanol–water partition coefficient (Wildman–Crippen LogP) is 6.67. The minimum Gasteiger partial charge on any atom is -0.508 e. The number of benzene rings is 1. The number of nitrogens with zero attached hydrogens (tertiary/aromatic N) is 4. The Kier molecular flexibility index (Phi) is 20.6. The van der Waals surface area contributed by atoms with Crippen molar-refractivity contribution >= 4 is 41.1 Å². The number of hydrogen-bond donors (Lipinski definition) is 2. The lowest BCUT2D eigenvalue weighted by molar-refractivity contribution is -0.146.